The zero-order valence-corrected chi connectivity index (χ0v) is 13.7. The van der Waals surface area contributed by atoms with E-state index >= 15 is 0 Å². The second-order valence-corrected chi connectivity index (χ2v) is 6.23. The fraction of sp³-hybridized carbons (Fsp3) is 0.176. The maximum atomic E-state index is 12.3. The number of benzene rings is 2. The maximum absolute atomic E-state index is 12.3. The van der Waals surface area contributed by atoms with E-state index in [1.165, 1.54) is 11.8 Å². The van der Waals surface area contributed by atoms with Gasteiger partial charge in [-0.05, 0) is 42.0 Å². The van der Waals surface area contributed by atoms with E-state index in [-0.39, 0.29) is 5.78 Å². The number of Topliss-reactive ketones (excluding diaryl/α,β-unsaturated/α-hetero) is 1. The van der Waals surface area contributed by atoms with Gasteiger partial charge in [-0.2, -0.15) is 4.68 Å². The Morgan fingerprint density at radius 2 is 1.87 bits per heavy atom. The average molecular weight is 324 g/mol. The summed E-state index contributed by atoms with van der Waals surface area (Å²) in [7, 11) is 0. The normalized spacial score (nSPS) is 10.7. The summed E-state index contributed by atoms with van der Waals surface area (Å²) in [5.74, 6) is 0.365. The van der Waals surface area contributed by atoms with Crippen LogP contribution in [0.4, 0.5) is 0 Å². The Balaban J connectivity index is 1.73. The maximum Gasteiger partial charge on any atom is 0.214 e. The van der Waals surface area contributed by atoms with Crippen molar-refractivity contribution in [2.75, 3.05) is 5.75 Å². The van der Waals surface area contributed by atoms with E-state index in [0.29, 0.717) is 16.5 Å². The summed E-state index contributed by atoms with van der Waals surface area (Å²) in [5, 5.41) is 12.4. The Bertz CT molecular complexity index is 827. The molecule has 0 aliphatic heterocycles. The van der Waals surface area contributed by atoms with Crippen molar-refractivity contribution in [1.29, 1.82) is 0 Å². The Labute approximate surface area is 138 Å². The molecule has 0 aliphatic carbocycles. The quantitative estimate of drug-likeness (QED) is 0.532. The number of thioether (sulfide) groups is 1. The predicted octanol–water partition coefficient (Wildman–Crippen LogP) is 3.25. The Hall–Kier alpha value is -2.47. The Morgan fingerprint density at radius 3 is 2.61 bits per heavy atom. The molecule has 0 amide bonds. The van der Waals surface area contributed by atoms with E-state index in [1.54, 1.807) is 4.68 Å². The number of nitrogens with zero attached hydrogens (tertiary/aromatic N) is 4. The fourth-order valence-corrected chi connectivity index (χ4v) is 2.93. The van der Waals surface area contributed by atoms with Gasteiger partial charge in [-0.15, -0.1) is 5.10 Å². The van der Waals surface area contributed by atoms with Crippen LogP contribution in [-0.2, 0) is 0 Å². The summed E-state index contributed by atoms with van der Waals surface area (Å²) in [6.07, 6.45) is 0. The summed E-state index contributed by atoms with van der Waals surface area (Å²) in [4.78, 5) is 12.3. The predicted molar refractivity (Wildman–Crippen MR) is 90.1 cm³/mol. The van der Waals surface area contributed by atoms with Crippen molar-refractivity contribution < 1.29 is 4.79 Å². The first-order valence-corrected chi connectivity index (χ1v) is 8.20. The highest BCUT2D eigenvalue weighted by atomic mass is 32.2. The van der Waals surface area contributed by atoms with E-state index in [2.05, 4.69) is 15.5 Å². The lowest BCUT2D eigenvalue weighted by Gasteiger charge is -2.05. The third kappa shape index (κ3) is 3.65. The van der Waals surface area contributed by atoms with Crippen molar-refractivity contribution in [3.05, 3.63) is 65.2 Å². The fourth-order valence-electron chi connectivity index (χ4n) is 2.14. The molecule has 0 bridgehead atoms. The summed E-state index contributed by atoms with van der Waals surface area (Å²) in [6.45, 7) is 4.01. The number of rotatable bonds is 5. The average Bonchev–Trinajstić information content (AvgIpc) is 3.02. The Morgan fingerprint density at radius 1 is 1.09 bits per heavy atom. The van der Waals surface area contributed by atoms with Crippen LogP contribution in [0.5, 0.6) is 0 Å². The molecule has 0 radical (unpaired) electrons. The molecule has 0 spiro atoms. The number of carbonyl (C=O) groups is 1. The molecular formula is C17H16N4OS. The number of aromatic nitrogens is 4. The van der Waals surface area contributed by atoms with Gasteiger partial charge in [-0.1, -0.05) is 53.7 Å². The van der Waals surface area contributed by atoms with Crippen LogP contribution < -0.4 is 0 Å². The van der Waals surface area contributed by atoms with Crippen LogP contribution in [0.1, 0.15) is 21.5 Å². The van der Waals surface area contributed by atoms with Gasteiger partial charge in [0.25, 0.3) is 0 Å². The van der Waals surface area contributed by atoms with E-state index in [9.17, 15) is 4.79 Å². The number of ketones is 1. The zero-order chi connectivity index (χ0) is 16.2. The molecule has 0 atom stereocenters. The van der Waals surface area contributed by atoms with Crippen LogP contribution in [0.25, 0.3) is 5.69 Å². The van der Waals surface area contributed by atoms with Crippen molar-refractivity contribution in [1.82, 2.24) is 20.2 Å². The molecule has 1 heterocycles. The number of hydrogen-bond acceptors (Lipinski definition) is 5. The monoisotopic (exact) mass is 324 g/mol. The molecule has 3 aromatic rings. The number of carbonyl (C=O) groups excluding carboxylic acids is 1. The molecule has 0 fully saturated rings. The smallest absolute Gasteiger partial charge is 0.214 e. The second kappa shape index (κ2) is 6.75. The van der Waals surface area contributed by atoms with E-state index < -0.39 is 0 Å². The largest absolute Gasteiger partial charge is 0.293 e. The molecule has 23 heavy (non-hydrogen) atoms. The van der Waals surface area contributed by atoms with Gasteiger partial charge in [0.15, 0.2) is 5.78 Å². The van der Waals surface area contributed by atoms with Crippen LogP contribution in [-0.4, -0.2) is 31.7 Å². The summed E-state index contributed by atoms with van der Waals surface area (Å²) in [5.41, 5.74) is 3.86. The lowest BCUT2D eigenvalue weighted by molar-refractivity contribution is 0.102. The van der Waals surface area contributed by atoms with E-state index in [4.69, 9.17) is 0 Å². The minimum atomic E-state index is 0.0637. The van der Waals surface area contributed by atoms with Gasteiger partial charge in [-0.25, -0.2) is 0 Å². The van der Waals surface area contributed by atoms with Gasteiger partial charge in [0.1, 0.15) is 0 Å². The molecule has 0 N–H and O–H groups in total. The van der Waals surface area contributed by atoms with Crippen LogP contribution in [0.3, 0.4) is 0 Å². The molecule has 116 valence electrons. The molecule has 2 aromatic carbocycles. The first-order valence-electron chi connectivity index (χ1n) is 7.21. The molecule has 0 saturated carbocycles. The highest BCUT2D eigenvalue weighted by Gasteiger charge is 2.12. The summed E-state index contributed by atoms with van der Waals surface area (Å²) in [6, 6.07) is 15.5. The standard InChI is InChI=1S/C17H16N4OS/c1-12-6-8-14(9-7-12)16(22)11-23-17-18-19-20-21(17)15-5-3-4-13(2)10-15/h3-10H,11H2,1-2H3. The third-order valence-electron chi connectivity index (χ3n) is 3.39. The van der Waals surface area contributed by atoms with E-state index in [1.807, 2.05) is 62.4 Å². The molecule has 1 aromatic heterocycles. The lowest BCUT2D eigenvalue weighted by Crippen LogP contribution is -2.05. The molecule has 0 aliphatic rings. The molecule has 5 nitrogen and oxygen atoms in total. The van der Waals surface area contributed by atoms with Crippen molar-refractivity contribution in [2.24, 2.45) is 0 Å². The van der Waals surface area contributed by atoms with Gasteiger partial charge in [-0.3, -0.25) is 4.79 Å². The molecule has 0 saturated heterocycles. The second-order valence-electron chi connectivity index (χ2n) is 5.29. The molecule has 0 unspecified atom stereocenters. The molecular weight excluding hydrogens is 308 g/mol. The SMILES string of the molecule is Cc1ccc(C(=O)CSc2nnnn2-c2cccc(C)c2)cc1. The van der Waals surface area contributed by atoms with Gasteiger partial charge >= 0.3 is 0 Å². The zero-order valence-electron chi connectivity index (χ0n) is 12.9. The topological polar surface area (TPSA) is 60.7 Å². The van der Waals surface area contributed by atoms with Crippen LogP contribution >= 0.6 is 11.8 Å². The van der Waals surface area contributed by atoms with Gasteiger partial charge in [0, 0.05) is 5.56 Å². The van der Waals surface area contributed by atoms with Crippen LogP contribution in [0.15, 0.2) is 53.7 Å². The summed E-state index contributed by atoms with van der Waals surface area (Å²) < 4.78 is 1.65. The van der Waals surface area contributed by atoms with Crippen LogP contribution in [0, 0.1) is 13.8 Å². The number of hydrogen-bond donors (Lipinski definition) is 0. The summed E-state index contributed by atoms with van der Waals surface area (Å²) >= 11 is 1.34. The lowest BCUT2D eigenvalue weighted by atomic mass is 10.1. The van der Waals surface area contributed by atoms with E-state index in [0.717, 1.165) is 16.8 Å². The van der Waals surface area contributed by atoms with Crippen molar-refractivity contribution in [3.63, 3.8) is 0 Å². The molecule has 3 rings (SSSR count). The van der Waals surface area contributed by atoms with Crippen LogP contribution in [0.2, 0.25) is 0 Å². The highest BCUT2D eigenvalue weighted by Crippen LogP contribution is 2.20. The Kier molecular flexibility index (Phi) is 4.52. The van der Waals surface area contributed by atoms with Crippen molar-refractivity contribution in [3.8, 4) is 5.69 Å². The van der Waals surface area contributed by atoms with Crippen molar-refractivity contribution >= 4 is 17.5 Å². The third-order valence-corrected chi connectivity index (χ3v) is 4.31. The first kappa shape index (κ1) is 15.4. The van der Waals surface area contributed by atoms with Gasteiger partial charge in [0.05, 0.1) is 11.4 Å². The van der Waals surface area contributed by atoms with Crippen molar-refractivity contribution in [2.45, 2.75) is 19.0 Å². The number of tetrazole rings is 1. The number of aryl methyl sites for hydroxylation is 2. The first-order chi connectivity index (χ1) is 11.1. The van der Waals surface area contributed by atoms with Gasteiger partial charge in [0.2, 0.25) is 5.16 Å². The minimum absolute atomic E-state index is 0.0637. The highest BCUT2D eigenvalue weighted by molar-refractivity contribution is 7.99. The molecule has 6 heteroatoms. The minimum Gasteiger partial charge on any atom is -0.293 e. The van der Waals surface area contributed by atoms with Gasteiger partial charge < -0.3 is 0 Å².